The van der Waals surface area contributed by atoms with Crippen molar-refractivity contribution < 1.29 is 0 Å². The molecule has 1 aromatic heterocycles. The van der Waals surface area contributed by atoms with Gasteiger partial charge in [-0.05, 0) is 29.9 Å². The van der Waals surface area contributed by atoms with Crippen LogP contribution in [-0.4, -0.2) is 50.7 Å². The van der Waals surface area contributed by atoms with Gasteiger partial charge in [-0.25, -0.2) is 4.68 Å². The number of nitrogens with zero attached hydrogens (tertiary/aromatic N) is 4. The monoisotopic (exact) mass is 399 g/mol. The van der Waals surface area contributed by atoms with Crippen LogP contribution in [0.15, 0.2) is 54.6 Å². The molecule has 0 bridgehead atoms. The molecular weight excluding hydrogens is 378 g/mol. The molecule has 0 atom stereocenters. The maximum Gasteiger partial charge on any atom is 0.217 e. The van der Waals surface area contributed by atoms with Crippen molar-refractivity contribution in [2.24, 2.45) is 0 Å². The lowest BCUT2D eigenvalue weighted by atomic mass is 10.2. The van der Waals surface area contributed by atoms with Gasteiger partial charge in [-0.1, -0.05) is 54.1 Å². The molecule has 27 heavy (non-hydrogen) atoms. The molecule has 0 amide bonds. The topological polar surface area (TPSA) is 40.1 Å². The minimum absolute atomic E-state index is 0.595. The van der Waals surface area contributed by atoms with Crippen molar-refractivity contribution in [2.45, 2.75) is 13.2 Å². The minimum Gasteiger partial charge on any atom is -0.297 e. The van der Waals surface area contributed by atoms with E-state index in [0.29, 0.717) is 4.77 Å². The molecule has 140 valence electrons. The third kappa shape index (κ3) is 4.65. The SMILES string of the molecule is S=c1nc(-c2ccccc2)[nH]n1CN1CCN(Cc2ccc(Cl)cc2)CC1. The van der Waals surface area contributed by atoms with Crippen molar-refractivity contribution in [3.05, 3.63) is 70.0 Å². The van der Waals surface area contributed by atoms with Crippen molar-refractivity contribution in [1.82, 2.24) is 24.6 Å². The van der Waals surface area contributed by atoms with E-state index in [1.807, 2.05) is 47.1 Å². The molecular formula is C20H22ClN5S. The van der Waals surface area contributed by atoms with Gasteiger partial charge >= 0.3 is 0 Å². The van der Waals surface area contributed by atoms with Crippen molar-refractivity contribution in [3.8, 4) is 11.4 Å². The highest BCUT2D eigenvalue weighted by Crippen LogP contribution is 2.15. The molecule has 1 fully saturated rings. The van der Waals surface area contributed by atoms with Crippen LogP contribution in [0.1, 0.15) is 5.56 Å². The highest BCUT2D eigenvalue weighted by Gasteiger charge is 2.18. The van der Waals surface area contributed by atoms with Crippen LogP contribution in [-0.2, 0) is 13.2 Å². The quantitative estimate of drug-likeness (QED) is 0.657. The summed E-state index contributed by atoms with van der Waals surface area (Å²) in [6.45, 7) is 5.80. The summed E-state index contributed by atoms with van der Waals surface area (Å²) in [5.41, 5.74) is 2.35. The van der Waals surface area contributed by atoms with Crippen LogP contribution >= 0.6 is 23.8 Å². The lowest BCUT2D eigenvalue weighted by Crippen LogP contribution is -2.46. The van der Waals surface area contributed by atoms with E-state index in [-0.39, 0.29) is 0 Å². The molecule has 2 aromatic carbocycles. The maximum absolute atomic E-state index is 5.96. The lowest BCUT2D eigenvalue weighted by molar-refractivity contribution is 0.0982. The molecule has 1 saturated heterocycles. The summed E-state index contributed by atoms with van der Waals surface area (Å²) in [6, 6.07) is 18.2. The van der Waals surface area contributed by atoms with Crippen LogP contribution in [0.25, 0.3) is 11.4 Å². The second-order valence-electron chi connectivity index (χ2n) is 6.81. The zero-order valence-corrected chi connectivity index (χ0v) is 16.6. The summed E-state index contributed by atoms with van der Waals surface area (Å²) in [6.07, 6.45) is 0. The molecule has 7 heteroatoms. The summed E-state index contributed by atoms with van der Waals surface area (Å²) in [5.74, 6) is 0.821. The van der Waals surface area contributed by atoms with Crippen LogP contribution < -0.4 is 0 Å². The largest absolute Gasteiger partial charge is 0.297 e. The second-order valence-corrected chi connectivity index (χ2v) is 7.61. The van der Waals surface area contributed by atoms with Gasteiger partial charge in [0.1, 0.15) is 0 Å². The number of aromatic amines is 1. The fourth-order valence-electron chi connectivity index (χ4n) is 3.31. The van der Waals surface area contributed by atoms with E-state index in [1.165, 1.54) is 5.56 Å². The second kappa shape index (κ2) is 8.35. The fourth-order valence-corrected chi connectivity index (χ4v) is 3.64. The van der Waals surface area contributed by atoms with E-state index in [2.05, 4.69) is 32.0 Å². The van der Waals surface area contributed by atoms with E-state index in [0.717, 1.165) is 55.8 Å². The van der Waals surface area contributed by atoms with Gasteiger partial charge in [0, 0.05) is 43.3 Å². The molecule has 0 saturated carbocycles. The maximum atomic E-state index is 5.96. The first-order chi connectivity index (χ1) is 13.2. The van der Waals surface area contributed by atoms with Crippen LogP contribution in [0.5, 0.6) is 0 Å². The van der Waals surface area contributed by atoms with E-state index in [1.54, 1.807) is 0 Å². The minimum atomic E-state index is 0.595. The summed E-state index contributed by atoms with van der Waals surface area (Å²) in [4.78, 5) is 9.38. The lowest BCUT2D eigenvalue weighted by Gasteiger charge is -2.34. The molecule has 1 N–H and O–H groups in total. The number of rotatable bonds is 5. The third-order valence-corrected chi connectivity index (χ3v) is 5.42. The molecule has 4 rings (SSSR count). The highest BCUT2D eigenvalue weighted by molar-refractivity contribution is 7.71. The Morgan fingerprint density at radius 3 is 2.30 bits per heavy atom. The van der Waals surface area contributed by atoms with Crippen molar-refractivity contribution in [3.63, 3.8) is 0 Å². The summed E-state index contributed by atoms with van der Waals surface area (Å²) >= 11 is 11.4. The smallest absolute Gasteiger partial charge is 0.217 e. The number of H-pyrrole nitrogens is 1. The third-order valence-electron chi connectivity index (χ3n) is 4.85. The van der Waals surface area contributed by atoms with Crippen LogP contribution in [0.3, 0.4) is 0 Å². The van der Waals surface area contributed by atoms with E-state index in [4.69, 9.17) is 23.8 Å². The molecule has 1 aliphatic rings. The average molecular weight is 400 g/mol. The van der Waals surface area contributed by atoms with Crippen molar-refractivity contribution in [1.29, 1.82) is 0 Å². The fraction of sp³-hybridized carbons (Fsp3) is 0.300. The van der Waals surface area contributed by atoms with Gasteiger partial charge in [0.25, 0.3) is 0 Å². The number of hydrogen-bond acceptors (Lipinski definition) is 4. The van der Waals surface area contributed by atoms with Gasteiger partial charge in [-0.2, -0.15) is 4.98 Å². The molecule has 0 radical (unpaired) electrons. The first kappa shape index (κ1) is 18.4. The first-order valence-electron chi connectivity index (χ1n) is 9.09. The van der Waals surface area contributed by atoms with Crippen molar-refractivity contribution in [2.75, 3.05) is 26.2 Å². The zero-order chi connectivity index (χ0) is 18.6. The normalized spacial score (nSPS) is 15.9. The van der Waals surface area contributed by atoms with Gasteiger partial charge in [-0.15, -0.1) is 0 Å². The Hall–Kier alpha value is -1.99. The number of hydrogen-bond donors (Lipinski definition) is 1. The zero-order valence-electron chi connectivity index (χ0n) is 15.0. The van der Waals surface area contributed by atoms with E-state index in [9.17, 15) is 0 Å². The van der Waals surface area contributed by atoms with E-state index < -0.39 is 0 Å². The van der Waals surface area contributed by atoms with Gasteiger partial charge in [0.15, 0.2) is 5.82 Å². The predicted octanol–water partition coefficient (Wildman–Crippen LogP) is 4.04. The van der Waals surface area contributed by atoms with Crippen LogP contribution in [0, 0.1) is 4.77 Å². The molecule has 0 aliphatic carbocycles. The summed E-state index contributed by atoms with van der Waals surface area (Å²) in [7, 11) is 0. The first-order valence-corrected chi connectivity index (χ1v) is 9.87. The van der Waals surface area contributed by atoms with Gasteiger partial charge in [-0.3, -0.25) is 14.9 Å². The standard InChI is InChI=1S/C20H22ClN5S/c21-18-8-6-16(7-9-18)14-24-10-12-25(13-11-24)15-26-20(27)22-19(23-26)17-4-2-1-3-5-17/h1-9H,10-15H2,(H,22,23,27). The Bertz CT molecular complexity index is 927. The number of benzene rings is 2. The Kier molecular flexibility index (Phi) is 5.69. The molecule has 1 aliphatic heterocycles. The van der Waals surface area contributed by atoms with Crippen molar-refractivity contribution >= 4 is 23.8 Å². The number of piperazine rings is 1. The van der Waals surface area contributed by atoms with Gasteiger partial charge in [0.2, 0.25) is 4.77 Å². The Morgan fingerprint density at radius 1 is 0.926 bits per heavy atom. The molecule has 3 aromatic rings. The van der Waals surface area contributed by atoms with Gasteiger partial charge in [0.05, 0.1) is 6.67 Å². The molecule has 5 nitrogen and oxygen atoms in total. The highest BCUT2D eigenvalue weighted by atomic mass is 35.5. The summed E-state index contributed by atoms with van der Waals surface area (Å²) < 4.78 is 2.55. The molecule has 0 spiro atoms. The van der Waals surface area contributed by atoms with Crippen LogP contribution in [0.4, 0.5) is 0 Å². The number of nitrogens with one attached hydrogen (secondary N) is 1. The number of aromatic nitrogens is 3. The van der Waals surface area contributed by atoms with E-state index >= 15 is 0 Å². The summed E-state index contributed by atoms with van der Waals surface area (Å²) in [5, 5.41) is 4.12. The Labute approximate surface area is 169 Å². The number of halogens is 1. The molecule has 2 heterocycles. The Morgan fingerprint density at radius 2 is 1.59 bits per heavy atom. The predicted molar refractivity (Wildman–Crippen MR) is 111 cm³/mol. The average Bonchev–Trinajstić information content (AvgIpc) is 3.06. The van der Waals surface area contributed by atoms with Gasteiger partial charge < -0.3 is 0 Å². The Balaban J connectivity index is 1.33. The molecule has 0 unspecified atom stereocenters. The van der Waals surface area contributed by atoms with Crippen LogP contribution in [0.2, 0.25) is 5.02 Å².